The van der Waals surface area contributed by atoms with Gasteiger partial charge in [0.2, 0.25) is 5.91 Å². The maximum atomic E-state index is 13.5. The lowest BCUT2D eigenvalue weighted by Gasteiger charge is -2.19. The molecule has 1 aromatic carbocycles. The van der Waals surface area contributed by atoms with Crippen LogP contribution >= 0.6 is 0 Å². The summed E-state index contributed by atoms with van der Waals surface area (Å²) in [7, 11) is 0. The normalized spacial score (nSPS) is 21.8. The number of amides is 1. The van der Waals surface area contributed by atoms with Gasteiger partial charge in [-0.1, -0.05) is 25.0 Å². The number of benzene rings is 1. The molecule has 0 aromatic heterocycles. The monoisotopic (exact) mass is 319 g/mol. The fraction of sp³-hybridized carbons (Fsp3) is 0.632. The van der Waals surface area contributed by atoms with Crippen LogP contribution in [0, 0.1) is 17.7 Å². The number of carbonyl (C=O) groups excluding carboxylic acids is 1. The van der Waals surface area contributed by atoms with Crippen molar-refractivity contribution in [1.29, 1.82) is 0 Å². The number of halogens is 1. The maximum Gasteiger partial charge on any atom is 0.222 e. The highest BCUT2D eigenvalue weighted by molar-refractivity contribution is 5.76. The molecule has 4 heteroatoms. The predicted molar refractivity (Wildman–Crippen MR) is 87.8 cm³/mol. The van der Waals surface area contributed by atoms with Gasteiger partial charge in [0.05, 0.1) is 6.61 Å². The van der Waals surface area contributed by atoms with Gasteiger partial charge in [-0.3, -0.25) is 4.79 Å². The number of carbonyl (C=O) groups is 1. The molecule has 126 valence electrons. The number of ether oxygens (including phenoxy) is 1. The summed E-state index contributed by atoms with van der Waals surface area (Å²) in [5.41, 5.74) is 0. The lowest BCUT2D eigenvalue weighted by molar-refractivity contribution is -0.131. The van der Waals surface area contributed by atoms with Gasteiger partial charge >= 0.3 is 0 Å². The van der Waals surface area contributed by atoms with Gasteiger partial charge in [-0.25, -0.2) is 4.39 Å². The molecule has 0 bridgehead atoms. The highest BCUT2D eigenvalue weighted by Gasteiger charge is 2.28. The average molecular weight is 319 g/mol. The minimum atomic E-state index is -0.313. The summed E-state index contributed by atoms with van der Waals surface area (Å²) in [4.78, 5) is 14.4. The Bertz CT molecular complexity index is 528. The third-order valence-corrected chi connectivity index (χ3v) is 5.20. The van der Waals surface area contributed by atoms with Crippen LogP contribution in [0.1, 0.15) is 44.9 Å². The van der Waals surface area contributed by atoms with E-state index in [1.54, 1.807) is 18.2 Å². The van der Waals surface area contributed by atoms with Crippen molar-refractivity contribution >= 4 is 5.91 Å². The summed E-state index contributed by atoms with van der Waals surface area (Å²) in [5.74, 6) is 1.43. The summed E-state index contributed by atoms with van der Waals surface area (Å²) in [6.07, 6.45) is 7.66. The zero-order chi connectivity index (χ0) is 16.1. The van der Waals surface area contributed by atoms with Gasteiger partial charge in [0.15, 0.2) is 11.6 Å². The molecule has 2 fully saturated rings. The molecule has 0 N–H and O–H groups in total. The molecule has 1 saturated heterocycles. The molecule has 23 heavy (non-hydrogen) atoms. The standard InChI is InChI=1S/C19H26FNO2/c20-17-7-3-4-8-18(17)23-12-10-16-9-11-21(14-16)19(22)13-15-5-1-2-6-15/h3-4,7-8,15-16H,1-2,5-6,9-14H2. The molecule has 1 aromatic rings. The number of nitrogens with zero attached hydrogens (tertiary/aromatic N) is 1. The second kappa shape index (κ2) is 7.80. The molecule has 2 aliphatic rings. The lowest BCUT2D eigenvalue weighted by atomic mass is 10.0. The van der Waals surface area contributed by atoms with Crippen molar-refractivity contribution in [3.8, 4) is 5.75 Å². The topological polar surface area (TPSA) is 29.5 Å². The largest absolute Gasteiger partial charge is 0.491 e. The van der Waals surface area contributed by atoms with Crippen LogP contribution in [0.3, 0.4) is 0 Å². The first-order valence-electron chi connectivity index (χ1n) is 8.87. The third-order valence-electron chi connectivity index (χ3n) is 5.20. The van der Waals surface area contributed by atoms with Crippen LogP contribution in [0.25, 0.3) is 0 Å². The highest BCUT2D eigenvalue weighted by atomic mass is 19.1. The first-order chi connectivity index (χ1) is 11.2. The van der Waals surface area contributed by atoms with Crippen molar-refractivity contribution in [3.63, 3.8) is 0 Å². The molecule has 1 saturated carbocycles. The number of likely N-dealkylation sites (tertiary alicyclic amines) is 1. The van der Waals surface area contributed by atoms with E-state index in [-0.39, 0.29) is 5.82 Å². The SMILES string of the molecule is O=C(CC1CCCC1)N1CCC(CCOc2ccccc2F)C1. The highest BCUT2D eigenvalue weighted by Crippen LogP contribution is 2.29. The zero-order valence-corrected chi connectivity index (χ0v) is 13.7. The van der Waals surface area contributed by atoms with Crippen molar-refractivity contribution in [2.24, 2.45) is 11.8 Å². The molecule has 3 rings (SSSR count). The van der Waals surface area contributed by atoms with E-state index in [1.165, 1.54) is 31.7 Å². The minimum absolute atomic E-state index is 0.313. The van der Waals surface area contributed by atoms with E-state index < -0.39 is 0 Å². The van der Waals surface area contributed by atoms with Crippen molar-refractivity contribution in [2.45, 2.75) is 44.9 Å². The molecule has 1 aliphatic carbocycles. The summed E-state index contributed by atoms with van der Waals surface area (Å²) < 4.78 is 19.0. The Labute approximate surface area is 137 Å². The molecule has 0 spiro atoms. The van der Waals surface area contributed by atoms with Crippen molar-refractivity contribution in [1.82, 2.24) is 4.90 Å². The summed E-state index contributed by atoms with van der Waals surface area (Å²) >= 11 is 0. The lowest BCUT2D eigenvalue weighted by Crippen LogP contribution is -2.30. The molecule has 1 unspecified atom stereocenters. The molecule has 0 radical (unpaired) electrons. The van der Waals surface area contributed by atoms with Gasteiger partial charge in [0, 0.05) is 19.5 Å². The van der Waals surface area contributed by atoms with Crippen LogP contribution in [0.4, 0.5) is 4.39 Å². The second-order valence-electron chi connectivity index (χ2n) is 6.92. The van der Waals surface area contributed by atoms with E-state index in [1.807, 2.05) is 4.90 Å². The predicted octanol–water partition coefficient (Wildman–Crippen LogP) is 4.02. The van der Waals surface area contributed by atoms with Gasteiger partial charge in [-0.05, 0) is 49.7 Å². The molecule has 1 heterocycles. The summed E-state index contributed by atoms with van der Waals surface area (Å²) in [6, 6.07) is 6.50. The van der Waals surface area contributed by atoms with Gasteiger partial charge in [-0.15, -0.1) is 0 Å². The van der Waals surface area contributed by atoms with Crippen molar-refractivity contribution in [3.05, 3.63) is 30.1 Å². The number of rotatable bonds is 6. The number of hydrogen-bond acceptors (Lipinski definition) is 2. The van der Waals surface area contributed by atoms with Crippen LogP contribution in [0.5, 0.6) is 5.75 Å². The van der Waals surface area contributed by atoms with E-state index >= 15 is 0 Å². The summed E-state index contributed by atoms with van der Waals surface area (Å²) in [6.45, 7) is 2.22. The van der Waals surface area contributed by atoms with Gasteiger partial charge in [-0.2, -0.15) is 0 Å². The maximum absolute atomic E-state index is 13.5. The molecular formula is C19H26FNO2. The molecule has 3 nitrogen and oxygen atoms in total. The van der Waals surface area contributed by atoms with Crippen molar-refractivity contribution < 1.29 is 13.9 Å². The smallest absolute Gasteiger partial charge is 0.222 e. The fourth-order valence-corrected chi connectivity index (χ4v) is 3.78. The van der Waals surface area contributed by atoms with Gasteiger partial charge < -0.3 is 9.64 Å². The van der Waals surface area contributed by atoms with E-state index in [4.69, 9.17) is 4.74 Å². The van der Waals surface area contributed by atoms with Crippen LogP contribution in [-0.2, 0) is 4.79 Å². The van der Waals surface area contributed by atoms with E-state index in [0.717, 1.165) is 32.4 Å². The molecule has 1 amide bonds. The zero-order valence-electron chi connectivity index (χ0n) is 13.7. The molecule has 1 aliphatic heterocycles. The van der Waals surface area contributed by atoms with Crippen LogP contribution in [-0.4, -0.2) is 30.5 Å². The van der Waals surface area contributed by atoms with E-state index in [0.29, 0.717) is 30.1 Å². The van der Waals surface area contributed by atoms with Crippen LogP contribution < -0.4 is 4.74 Å². The third kappa shape index (κ3) is 4.46. The Kier molecular flexibility index (Phi) is 5.52. The molecule has 1 atom stereocenters. The number of para-hydroxylation sites is 1. The second-order valence-corrected chi connectivity index (χ2v) is 6.92. The minimum Gasteiger partial charge on any atom is -0.491 e. The van der Waals surface area contributed by atoms with Crippen molar-refractivity contribution in [2.75, 3.05) is 19.7 Å². The Morgan fingerprint density at radius 3 is 2.74 bits per heavy atom. The molecular weight excluding hydrogens is 293 g/mol. The Balaban J connectivity index is 1.38. The van der Waals surface area contributed by atoms with Gasteiger partial charge in [0.25, 0.3) is 0 Å². The Morgan fingerprint density at radius 1 is 1.17 bits per heavy atom. The summed E-state index contributed by atoms with van der Waals surface area (Å²) in [5, 5.41) is 0. The average Bonchev–Trinajstić information content (AvgIpc) is 3.21. The van der Waals surface area contributed by atoms with E-state index in [9.17, 15) is 9.18 Å². The van der Waals surface area contributed by atoms with Crippen LogP contribution in [0.15, 0.2) is 24.3 Å². The number of hydrogen-bond donors (Lipinski definition) is 0. The fourth-order valence-electron chi connectivity index (χ4n) is 3.78. The Hall–Kier alpha value is -1.58. The first-order valence-corrected chi connectivity index (χ1v) is 8.87. The quantitative estimate of drug-likeness (QED) is 0.792. The van der Waals surface area contributed by atoms with Crippen LogP contribution in [0.2, 0.25) is 0 Å². The van der Waals surface area contributed by atoms with E-state index in [2.05, 4.69) is 0 Å². The Morgan fingerprint density at radius 2 is 1.96 bits per heavy atom. The van der Waals surface area contributed by atoms with Gasteiger partial charge in [0.1, 0.15) is 0 Å². The first kappa shape index (κ1) is 16.3.